The first kappa shape index (κ1) is 15.4. The third-order valence-corrected chi connectivity index (χ3v) is 4.67. The van der Waals surface area contributed by atoms with E-state index in [1.54, 1.807) is 0 Å². The fourth-order valence-electron chi connectivity index (χ4n) is 3.68. The lowest BCUT2D eigenvalue weighted by atomic mass is 10.0. The number of ether oxygens (including phenoxy) is 1. The molecule has 0 aromatic heterocycles. The topological polar surface area (TPSA) is 15.7 Å². The average Bonchev–Trinajstić information content (AvgIpc) is 3.00. The van der Waals surface area contributed by atoms with E-state index in [2.05, 4.69) is 67.5 Å². The third-order valence-electron chi connectivity index (χ3n) is 4.67. The Morgan fingerprint density at radius 2 is 1.95 bits per heavy atom. The highest BCUT2D eigenvalue weighted by atomic mass is 16.5. The number of fused-ring (bicyclic) bond motifs is 1. The Hall–Kier alpha value is -1.48. The van der Waals surface area contributed by atoms with Crippen molar-refractivity contribution < 1.29 is 4.74 Å². The number of hydrogen-bond acceptors (Lipinski definition) is 3. The molecule has 22 heavy (non-hydrogen) atoms. The van der Waals surface area contributed by atoms with E-state index in [0.29, 0.717) is 6.04 Å². The summed E-state index contributed by atoms with van der Waals surface area (Å²) < 4.78 is 5.95. The first-order chi connectivity index (χ1) is 10.4. The lowest BCUT2D eigenvalue weighted by molar-refractivity contribution is 0.00596. The van der Waals surface area contributed by atoms with Crippen LogP contribution in [0.5, 0.6) is 0 Å². The Morgan fingerprint density at radius 3 is 2.64 bits per heavy atom. The van der Waals surface area contributed by atoms with Crippen LogP contribution in [0.2, 0.25) is 0 Å². The van der Waals surface area contributed by atoms with Crippen LogP contribution in [0.3, 0.4) is 0 Å². The Bertz CT molecular complexity index is 520. The van der Waals surface area contributed by atoms with Gasteiger partial charge in [0.15, 0.2) is 5.88 Å². The van der Waals surface area contributed by atoms with Gasteiger partial charge in [0.1, 0.15) is 5.60 Å². The van der Waals surface area contributed by atoms with Gasteiger partial charge in [0, 0.05) is 25.7 Å². The second-order valence-electron chi connectivity index (χ2n) is 7.59. The molecule has 0 N–H and O–H groups in total. The molecule has 0 radical (unpaired) electrons. The van der Waals surface area contributed by atoms with Crippen molar-refractivity contribution in [2.45, 2.75) is 45.4 Å². The summed E-state index contributed by atoms with van der Waals surface area (Å²) in [7, 11) is 0. The van der Waals surface area contributed by atoms with Crippen LogP contribution in [-0.4, -0.2) is 41.1 Å². The molecule has 0 saturated carbocycles. The summed E-state index contributed by atoms with van der Waals surface area (Å²) in [5.74, 6) is 1.59. The fourth-order valence-corrected chi connectivity index (χ4v) is 3.68. The average molecular weight is 300 g/mol. The Labute approximate surface area is 134 Å². The smallest absolute Gasteiger partial charge is 0.182 e. The lowest BCUT2D eigenvalue weighted by Crippen LogP contribution is -2.35. The normalized spacial score (nSPS) is 25.3. The molecule has 2 atom stereocenters. The largest absolute Gasteiger partial charge is 0.474 e. The van der Waals surface area contributed by atoms with Crippen molar-refractivity contribution in [2.24, 2.45) is 5.92 Å². The molecule has 0 spiro atoms. The SMILES string of the molecule is C=C(OC(C)(C)C)N1CC2CCN(Cc3ccccc3)C2C1. The molecule has 2 unspecified atom stereocenters. The Kier molecular flexibility index (Phi) is 4.18. The zero-order valence-corrected chi connectivity index (χ0v) is 14.1. The van der Waals surface area contributed by atoms with E-state index >= 15 is 0 Å². The van der Waals surface area contributed by atoms with E-state index in [1.165, 1.54) is 18.5 Å². The second kappa shape index (κ2) is 5.96. The molecule has 3 nitrogen and oxygen atoms in total. The molecule has 2 aliphatic heterocycles. The van der Waals surface area contributed by atoms with Gasteiger partial charge in [-0.25, -0.2) is 0 Å². The summed E-state index contributed by atoms with van der Waals surface area (Å²) in [5, 5.41) is 0. The van der Waals surface area contributed by atoms with E-state index in [0.717, 1.165) is 31.4 Å². The predicted molar refractivity (Wildman–Crippen MR) is 90.3 cm³/mol. The van der Waals surface area contributed by atoms with Crippen molar-refractivity contribution in [2.75, 3.05) is 19.6 Å². The minimum atomic E-state index is -0.168. The van der Waals surface area contributed by atoms with Crippen LogP contribution in [0.4, 0.5) is 0 Å². The molecule has 0 amide bonds. The summed E-state index contributed by atoms with van der Waals surface area (Å²) >= 11 is 0. The van der Waals surface area contributed by atoms with Crippen LogP contribution in [-0.2, 0) is 11.3 Å². The Balaban J connectivity index is 1.60. The van der Waals surface area contributed by atoms with Gasteiger partial charge in [-0.2, -0.15) is 0 Å². The van der Waals surface area contributed by atoms with Crippen LogP contribution < -0.4 is 0 Å². The van der Waals surface area contributed by atoms with Crippen LogP contribution >= 0.6 is 0 Å². The summed E-state index contributed by atoms with van der Waals surface area (Å²) in [4.78, 5) is 4.96. The molecular formula is C19H28N2O. The molecule has 3 rings (SSSR count). The number of likely N-dealkylation sites (tertiary alicyclic amines) is 2. The predicted octanol–water partition coefficient (Wildman–Crippen LogP) is 3.48. The van der Waals surface area contributed by atoms with Gasteiger partial charge < -0.3 is 9.64 Å². The van der Waals surface area contributed by atoms with E-state index in [1.807, 2.05) is 0 Å². The number of hydrogen-bond donors (Lipinski definition) is 0. The summed E-state index contributed by atoms with van der Waals surface area (Å²) in [6.07, 6.45) is 1.29. The van der Waals surface area contributed by atoms with Crippen LogP contribution in [0.1, 0.15) is 32.8 Å². The van der Waals surface area contributed by atoms with Crippen molar-refractivity contribution in [1.29, 1.82) is 0 Å². The van der Waals surface area contributed by atoms with E-state index in [4.69, 9.17) is 4.74 Å². The maximum atomic E-state index is 5.95. The fraction of sp³-hybridized carbons (Fsp3) is 0.579. The van der Waals surface area contributed by atoms with Crippen molar-refractivity contribution >= 4 is 0 Å². The van der Waals surface area contributed by atoms with Crippen LogP contribution in [0.15, 0.2) is 42.8 Å². The molecule has 0 bridgehead atoms. The maximum absolute atomic E-state index is 5.95. The second-order valence-corrected chi connectivity index (χ2v) is 7.59. The zero-order valence-electron chi connectivity index (χ0n) is 14.1. The van der Waals surface area contributed by atoms with Gasteiger partial charge >= 0.3 is 0 Å². The number of rotatable bonds is 4. The molecule has 1 aromatic carbocycles. The molecule has 1 aromatic rings. The first-order valence-corrected chi connectivity index (χ1v) is 8.33. The standard InChI is InChI=1S/C19H28N2O/c1-15(22-19(2,3)4)21-13-17-10-11-20(18(17)14-21)12-16-8-6-5-7-9-16/h5-9,17-18H,1,10-14H2,2-4H3. The maximum Gasteiger partial charge on any atom is 0.182 e. The molecule has 2 aliphatic rings. The van der Waals surface area contributed by atoms with Crippen LogP contribution in [0, 0.1) is 5.92 Å². The number of benzene rings is 1. The lowest BCUT2D eigenvalue weighted by Gasteiger charge is -2.30. The molecule has 3 heteroatoms. The van der Waals surface area contributed by atoms with Gasteiger partial charge in [0.2, 0.25) is 0 Å². The summed E-state index contributed by atoms with van der Waals surface area (Å²) in [5.41, 5.74) is 1.24. The van der Waals surface area contributed by atoms with Gasteiger partial charge in [0.05, 0.1) is 0 Å². The van der Waals surface area contributed by atoms with E-state index < -0.39 is 0 Å². The van der Waals surface area contributed by atoms with E-state index in [9.17, 15) is 0 Å². The Morgan fingerprint density at radius 1 is 1.23 bits per heavy atom. The zero-order chi connectivity index (χ0) is 15.7. The summed E-state index contributed by atoms with van der Waals surface area (Å²) in [6.45, 7) is 14.8. The highest BCUT2D eigenvalue weighted by Gasteiger charge is 2.42. The van der Waals surface area contributed by atoms with Gasteiger partial charge in [-0.1, -0.05) is 30.3 Å². The van der Waals surface area contributed by atoms with Crippen molar-refractivity contribution in [1.82, 2.24) is 9.80 Å². The van der Waals surface area contributed by atoms with Gasteiger partial charge in [-0.15, -0.1) is 0 Å². The van der Waals surface area contributed by atoms with Gasteiger partial charge in [-0.05, 0) is 51.8 Å². The molecule has 2 saturated heterocycles. The minimum absolute atomic E-state index is 0.168. The molecule has 2 heterocycles. The first-order valence-electron chi connectivity index (χ1n) is 8.33. The van der Waals surface area contributed by atoms with Crippen molar-refractivity contribution in [3.05, 3.63) is 48.4 Å². The minimum Gasteiger partial charge on any atom is -0.474 e. The van der Waals surface area contributed by atoms with E-state index in [-0.39, 0.29) is 5.60 Å². The highest BCUT2D eigenvalue weighted by Crippen LogP contribution is 2.34. The van der Waals surface area contributed by atoms with Crippen molar-refractivity contribution in [3.63, 3.8) is 0 Å². The molecule has 120 valence electrons. The highest BCUT2D eigenvalue weighted by molar-refractivity contribution is 5.15. The van der Waals surface area contributed by atoms with Gasteiger partial charge in [0.25, 0.3) is 0 Å². The van der Waals surface area contributed by atoms with Crippen molar-refractivity contribution in [3.8, 4) is 0 Å². The molecular weight excluding hydrogens is 272 g/mol. The summed E-state index contributed by atoms with van der Waals surface area (Å²) in [6, 6.07) is 11.4. The monoisotopic (exact) mass is 300 g/mol. The molecule has 2 fully saturated rings. The number of nitrogens with zero attached hydrogens (tertiary/aromatic N) is 2. The quantitative estimate of drug-likeness (QED) is 0.792. The molecule has 0 aliphatic carbocycles. The van der Waals surface area contributed by atoms with Crippen LogP contribution in [0.25, 0.3) is 0 Å². The third kappa shape index (κ3) is 3.46. The van der Waals surface area contributed by atoms with Gasteiger partial charge in [-0.3, -0.25) is 4.90 Å².